The Labute approximate surface area is 123 Å². The lowest BCUT2D eigenvalue weighted by atomic mass is 9.92. The number of rotatable bonds is 2. The smallest absolute Gasteiger partial charge is 0.344 e. The Hall–Kier alpha value is -2.12. The third kappa shape index (κ3) is 3.55. The van der Waals surface area contributed by atoms with Crippen LogP contribution >= 0.6 is 0 Å². The van der Waals surface area contributed by atoms with E-state index in [0.29, 0.717) is 5.56 Å². The van der Waals surface area contributed by atoms with Crippen LogP contribution in [0.5, 0.6) is 0 Å². The van der Waals surface area contributed by atoms with Crippen LogP contribution < -0.4 is 10.6 Å². The Morgan fingerprint density at radius 2 is 2.00 bits per heavy atom. The second-order valence-electron chi connectivity index (χ2n) is 5.21. The lowest BCUT2D eigenvalue weighted by Crippen LogP contribution is -2.53. The summed E-state index contributed by atoms with van der Waals surface area (Å²) >= 11 is 0. The number of benzene rings is 1. The second-order valence-corrected chi connectivity index (χ2v) is 5.21. The summed E-state index contributed by atoms with van der Waals surface area (Å²) in [5.41, 5.74) is 0.542. The first kappa shape index (κ1) is 16.3. The normalized spacial score (nSPS) is 22.1. The standard InChI is InChI=1S/C14H14F4N2O2/c1-7-2-4-10(9(15)6-7)19-12(21)8-3-5-11(14(16,17)18)20-13(8)22/h2,4,6,8,11H,3,5H2,1H3,(H,19,21)(H,20,22)/t8-,11-/m1/s1. The molecule has 2 rings (SSSR count). The quantitative estimate of drug-likeness (QED) is 0.650. The first-order valence-electron chi connectivity index (χ1n) is 6.62. The molecule has 0 aromatic heterocycles. The summed E-state index contributed by atoms with van der Waals surface area (Å²) in [4.78, 5) is 23.6. The van der Waals surface area contributed by atoms with Crippen molar-refractivity contribution in [3.63, 3.8) is 0 Å². The molecule has 8 heteroatoms. The molecular weight excluding hydrogens is 304 g/mol. The van der Waals surface area contributed by atoms with Gasteiger partial charge in [0.25, 0.3) is 0 Å². The van der Waals surface area contributed by atoms with Gasteiger partial charge in [0, 0.05) is 0 Å². The molecule has 120 valence electrons. The molecule has 1 fully saturated rings. The van der Waals surface area contributed by atoms with Gasteiger partial charge in [-0.1, -0.05) is 6.07 Å². The molecular formula is C14H14F4N2O2. The van der Waals surface area contributed by atoms with E-state index in [9.17, 15) is 27.2 Å². The summed E-state index contributed by atoms with van der Waals surface area (Å²) < 4.78 is 51.2. The fourth-order valence-electron chi connectivity index (χ4n) is 2.25. The zero-order valence-corrected chi connectivity index (χ0v) is 11.6. The van der Waals surface area contributed by atoms with E-state index < -0.39 is 35.8 Å². The highest BCUT2D eigenvalue weighted by atomic mass is 19.4. The summed E-state index contributed by atoms with van der Waals surface area (Å²) in [6.45, 7) is 1.67. The number of nitrogens with one attached hydrogen (secondary N) is 2. The van der Waals surface area contributed by atoms with Crippen LogP contribution in [0, 0.1) is 18.7 Å². The largest absolute Gasteiger partial charge is 0.408 e. The highest BCUT2D eigenvalue weighted by Gasteiger charge is 2.45. The van der Waals surface area contributed by atoms with Gasteiger partial charge >= 0.3 is 6.18 Å². The maximum absolute atomic E-state index is 13.6. The van der Waals surface area contributed by atoms with Crippen LogP contribution in [-0.4, -0.2) is 24.0 Å². The lowest BCUT2D eigenvalue weighted by molar-refractivity contribution is -0.170. The van der Waals surface area contributed by atoms with Crippen molar-refractivity contribution in [3.05, 3.63) is 29.6 Å². The monoisotopic (exact) mass is 318 g/mol. The van der Waals surface area contributed by atoms with Crippen molar-refractivity contribution in [2.24, 2.45) is 5.92 Å². The molecule has 1 aromatic rings. The molecule has 0 saturated carbocycles. The van der Waals surface area contributed by atoms with Gasteiger partial charge in [-0.2, -0.15) is 13.2 Å². The Morgan fingerprint density at radius 3 is 2.55 bits per heavy atom. The van der Waals surface area contributed by atoms with Gasteiger partial charge in [-0.25, -0.2) is 4.39 Å². The molecule has 1 heterocycles. The van der Waals surface area contributed by atoms with Crippen molar-refractivity contribution in [2.75, 3.05) is 5.32 Å². The van der Waals surface area contributed by atoms with Gasteiger partial charge in [-0.3, -0.25) is 9.59 Å². The van der Waals surface area contributed by atoms with Crippen molar-refractivity contribution in [3.8, 4) is 0 Å². The van der Waals surface area contributed by atoms with Crippen molar-refractivity contribution in [1.82, 2.24) is 5.32 Å². The predicted octanol–water partition coefficient (Wildman–Crippen LogP) is 2.53. The number of halogens is 4. The SMILES string of the molecule is Cc1ccc(NC(=O)[C@H]2CC[C@H](C(F)(F)F)NC2=O)c(F)c1. The van der Waals surface area contributed by atoms with Crippen LogP contribution in [0.25, 0.3) is 0 Å². The van der Waals surface area contributed by atoms with Crippen LogP contribution in [0.2, 0.25) is 0 Å². The fraction of sp³-hybridized carbons (Fsp3) is 0.429. The molecule has 0 aliphatic carbocycles. The van der Waals surface area contributed by atoms with Crippen LogP contribution in [0.15, 0.2) is 18.2 Å². The van der Waals surface area contributed by atoms with Crippen LogP contribution in [0.4, 0.5) is 23.2 Å². The number of anilines is 1. The lowest BCUT2D eigenvalue weighted by Gasteiger charge is -2.29. The van der Waals surface area contributed by atoms with Gasteiger partial charge in [0.2, 0.25) is 11.8 Å². The molecule has 0 unspecified atom stereocenters. The fourth-order valence-corrected chi connectivity index (χ4v) is 2.25. The number of hydrogen-bond acceptors (Lipinski definition) is 2. The Bertz CT molecular complexity index is 601. The number of hydrogen-bond donors (Lipinski definition) is 2. The average Bonchev–Trinajstić information content (AvgIpc) is 2.40. The molecule has 2 N–H and O–H groups in total. The first-order valence-corrected chi connectivity index (χ1v) is 6.62. The minimum atomic E-state index is -4.54. The number of amides is 2. The zero-order chi connectivity index (χ0) is 16.5. The maximum Gasteiger partial charge on any atom is 0.408 e. The Balaban J connectivity index is 2.03. The highest BCUT2D eigenvalue weighted by molar-refractivity contribution is 6.06. The number of piperidine rings is 1. The Kier molecular flexibility index (Phi) is 4.39. The minimum Gasteiger partial charge on any atom is -0.344 e. The summed E-state index contributed by atoms with van der Waals surface area (Å²) in [5, 5.41) is 4.01. The van der Waals surface area contributed by atoms with Gasteiger partial charge < -0.3 is 10.6 Å². The molecule has 1 saturated heterocycles. The predicted molar refractivity (Wildman–Crippen MR) is 70.5 cm³/mol. The van der Waals surface area contributed by atoms with Gasteiger partial charge in [0.1, 0.15) is 17.8 Å². The third-order valence-corrected chi connectivity index (χ3v) is 3.47. The molecule has 2 atom stereocenters. The van der Waals surface area contributed by atoms with E-state index in [0.717, 1.165) is 0 Å². The summed E-state index contributed by atoms with van der Waals surface area (Å²) in [5.74, 6) is -3.75. The van der Waals surface area contributed by atoms with Crippen LogP contribution in [0.1, 0.15) is 18.4 Å². The van der Waals surface area contributed by atoms with Crippen LogP contribution in [-0.2, 0) is 9.59 Å². The first-order chi connectivity index (χ1) is 10.2. The van der Waals surface area contributed by atoms with Gasteiger partial charge in [0.15, 0.2) is 0 Å². The van der Waals surface area contributed by atoms with Crippen molar-refractivity contribution in [2.45, 2.75) is 32.0 Å². The van der Waals surface area contributed by atoms with Crippen molar-refractivity contribution >= 4 is 17.5 Å². The van der Waals surface area contributed by atoms with E-state index in [2.05, 4.69) is 5.32 Å². The second kappa shape index (κ2) is 5.94. The molecule has 2 amide bonds. The van der Waals surface area contributed by atoms with Gasteiger partial charge in [-0.15, -0.1) is 0 Å². The number of carbonyl (C=O) groups is 2. The maximum atomic E-state index is 13.6. The highest BCUT2D eigenvalue weighted by Crippen LogP contribution is 2.29. The average molecular weight is 318 g/mol. The number of alkyl halides is 3. The number of carbonyl (C=O) groups excluding carboxylic acids is 2. The Morgan fingerprint density at radius 1 is 1.32 bits per heavy atom. The molecule has 1 aliphatic rings. The van der Waals surface area contributed by atoms with Crippen molar-refractivity contribution in [1.29, 1.82) is 0 Å². The molecule has 22 heavy (non-hydrogen) atoms. The topological polar surface area (TPSA) is 58.2 Å². The summed E-state index contributed by atoms with van der Waals surface area (Å²) in [7, 11) is 0. The van der Waals surface area contributed by atoms with E-state index in [1.807, 2.05) is 0 Å². The van der Waals surface area contributed by atoms with Crippen LogP contribution in [0.3, 0.4) is 0 Å². The summed E-state index contributed by atoms with van der Waals surface area (Å²) in [6.07, 6.45) is -5.17. The van der Waals surface area contributed by atoms with Crippen molar-refractivity contribution < 1.29 is 27.2 Å². The van der Waals surface area contributed by atoms with Gasteiger partial charge in [-0.05, 0) is 37.5 Å². The third-order valence-electron chi connectivity index (χ3n) is 3.47. The molecule has 1 aromatic carbocycles. The minimum absolute atomic E-state index is 0.110. The van der Waals surface area contributed by atoms with E-state index in [1.54, 1.807) is 18.3 Å². The van der Waals surface area contributed by atoms with E-state index in [-0.39, 0.29) is 18.5 Å². The molecule has 1 aliphatic heterocycles. The van der Waals surface area contributed by atoms with Gasteiger partial charge in [0.05, 0.1) is 5.69 Å². The summed E-state index contributed by atoms with van der Waals surface area (Å²) in [6, 6.07) is 2.16. The molecule has 0 radical (unpaired) electrons. The number of aryl methyl sites for hydroxylation is 1. The van der Waals surface area contributed by atoms with E-state index >= 15 is 0 Å². The van der Waals surface area contributed by atoms with E-state index in [1.165, 1.54) is 12.1 Å². The molecule has 0 spiro atoms. The molecule has 4 nitrogen and oxygen atoms in total. The van der Waals surface area contributed by atoms with E-state index in [4.69, 9.17) is 0 Å². The zero-order valence-electron chi connectivity index (χ0n) is 11.6. The molecule has 0 bridgehead atoms.